The third-order valence-electron chi connectivity index (χ3n) is 4.03. The molecule has 25 heavy (non-hydrogen) atoms. The van der Waals surface area contributed by atoms with E-state index in [4.69, 9.17) is 9.84 Å². The topological polar surface area (TPSA) is 91.4 Å². The van der Waals surface area contributed by atoms with Crippen molar-refractivity contribution in [1.82, 2.24) is 4.98 Å². The molecule has 3 N–H and O–H groups in total. The van der Waals surface area contributed by atoms with Crippen molar-refractivity contribution >= 4 is 28.5 Å². The molecule has 128 valence electrons. The molecule has 1 heterocycles. The molecule has 0 spiro atoms. The fourth-order valence-electron chi connectivity index (χ4n) is 2.73. The van der Waals surface area contributed by atoms with Gasteiger partial charge in [-0.1, -0.05) is 12.1 Å². The zero-order valence-electron chi connectivity index (χ0n) is 13.7. The number of aromatic carboxylic acids is 1. The SMILES string of the molecule is COc1ccc2[nH]cc(CCC(=O)Nc3ccccc3C(=O)O)c2c1. The highest BCUT2D eigenvalue weighted by atomic mass is 16.5. The molecule has 1 aromatic heterocycles. The Morgan fingerprint density at radius 3 is 2.76 bits per heavy atom. The number of amides is 1. The molecule has 0 aliphatic rings. The third kappa shape index (κ3) is 3.63. The number of carbonyl (C=O) groups is 2. The van der Waals surface area contributed by atoms with Gasteiger partial charge in [0, 0.05) is 23.5 Å². The van der Waals surface area contributed by atoms with Crippen LogP contribution >= 0.6 is 0 Å². The number of benzene rings is 2. The number of nitrogens with one attached hydrogen (secondary N) is 2. The van der Waals surface area contributed by atoms with Crippen LogP contribution in [0.15, 0.2) is 48.7 Å². The second-order valence-electron chi connectivity index (χ2n) is 5.62. The zero-order chi connectivity index (χ0) is 17.8. The summed E-state index contributed by atoms with van der Waals surface area (Å²) in [6, 6.07) is 12.1. The van der Waals surface area contributed by atoms with E-state index in [1.54, 1.807) is 25.3 Å². The summed E-state index contributed by atoms with van der Waals surface area (Å²) in [7, 11) is 1.61. The number of carboxylic acids is 1. The van der Waals surface area contributed by atoms with Gasteiger partial charge in [-0.3, -0.25) is 4.79 Å². The molecular weight excluding hydrogens is 320 g/mol. The van der Waals surface area contributed by atoms with E-state index in [-0.39, 0.29) is 17.9 Å². The van der Waals surface area contributed by atoms with Crippen LogP contribution in [0.3, 0.4) is 0 Å². The summed E-state index contributed by atoms with van der Waals surface area (Å²) in [5.74, 6) is -0.543. The lowest BCUT2D eigenvalue weighted by Gasteiger charge is -2.08. The van der Waals surface area contributed by atoms with Gasteiger partial charge in [0.1, 0.15) is 5.75 Å². The molecule has 0 saturated heterocycles. The maximum absolute atomic E-state index is 12.2. The number of fused-ring (bicyclic) bond motifs is 1. The second-order valence-corrected chi connectivity index (χ2v) is 5.62. The minimum Gasteiger partial charge on any atom is -0.497 e. The number of aryl methyl sites for hydroxylation is 1. The molecule has 3 rings (SSSR count). The number of H-pyrrole nitrogens is 1. The lowest BCUT2D eigenvalue weighted by Crippen LogP contribution is -2.15. The lowest BCUT2D eigenvalue weighted by molar-refractivity contribution is -0.116. The van der Waals surface area contributed by atoms with E-state index in [0.29, 0.717) is 12.1 Å². The molecule has 0 aliphatic carbocycles. The normalized spacial score (nSPS) is 10.6. The van der Waals surface area contributed by atoms with E-state index in [0.717, 1.165) is 22.2 Å². The lowest BCUT2D eigenvalue weighted by atomic mass is 10.1. The predicted octanol–water partition coefficient (Wildman–Crippen LogP) is 3.45. The Labute approximate surface area is 144 Å². The summed E-state index contributed by atoms with van der Waals surface area (Å²) in [5, 5.41) is 12.8. The first-order valence-corrected chi connectivity index (χ1v) is 7.84. The number of carboxylic acid groups (broad SMARTS) is 1. The van der Waals surface area contributed by atoms with Gasteiger partial charge in [0.05, 0.1) is 18.4 Å². The van der Waals surface area contributed by atoms with Crippen LogP contribution in [-0.4, -0.2) is 29.1 Å². The Balaban J connectivity index is 1.70. The van der Waals surface area contributed by atoms with Crippen molar-refractivity contribution in [3.63, 3.8) is 0 Å². The predicted molar refractivity (Wildman–Crippen MR) is 95.2 cm³/mol. The van der Waals surface area contributed by atoms with Crippen molar-refractivity contribution < 1.29 is 19.4 Å². The molecule has 0 aliphatic heterocycles. The first kappa shape index (κ1) is 16.6. The molecule has 3 aromatic rings. The average Bonchev–Trinajstić information content (AvgIpc) is 3.02. The highest BCUT2D eigenvalue weighted by molar-refractivity contribution is 6.00. The largest absolute Gasteiger partial charge is 0.497 e. The van der Waals surface area contributed by atoms with Gasteiger partial charge in [-0.15, -0.1) is 0 Å². The van der Waals surface area contributed by atoms with Crippen LogP contribution in [0.25, 0.3) is 10.9 Å². The van der Waals surface area contributed by atoms with Crippen LogP contribution < -0.4 is 10.1 Å². The van der Waals surface area contributed by atoms with Crippen LogP contribution in [0.4, 0.5) is 5.69 Å². The Hall–Kier alpha value is -3.28. The number of anilines is 1. The minimum atomic E-state index is -1.07. The summed E-state index contributed by atoms with van der Waals surface area (Å²) in [6.07, 6.45) is 2.66. The Morgan fingerprint density at radius 2 is 2.00 bits per heavy atom. The minimum absolute atomic E-state index is 0.0766. The van der Waals surface area contributed by atoms with Crippen molar-refractivity contribution in [2.45, 2.75) is 12.8 Å². The quantitative estimate of drug-likeness (QED) is 0.642. The van der Waals surface area contributed by atoms with Gasteiger partial charge < -0.3 is 20.1 Å². The number of aromatic amines is 1. The number of hydrogen-bond donors (Lipinski definition) is 3. The smallest absolute Gasteiger partial charge is 0.337 e. The van der Waals surface area contributed by atoms with Crippen LogP contribution in [0.1, 0.15) is 22.3 Å². The maximum Gasteiger partial charge on any atom is 0.337 e. The van der Waals surface area contributed by atoms with E-state index in [1.165, 1.54) is 6.07 Å². The number of methoxy groups -OCH3 is 1. The maximum atomic E-state index is 12.2. The summed E-state index contributed by atoms with van der Waals surface area (Å²) in [5.41, 5.74) is 2.37. The van der Waals surface area contributed by atoms with Crippen molar-refractivity contribution in [2.75, 3.05) is 12.4 Å². The number of aromatic nitrogens is 1. The fraction of sp³-hybridized carbons (Fsp3) is 0.158. The van der Waals surface area contributed by atoms with Crippen molar-refractivity contribution in [2.24, 2.45) is 0 Å². The first-order chi connectivity index (χ1) is 12.1. The third-order valence-corrected chi connectivity index (χ3v) is 4.03. The van der Waals surface area contributed by atoms with Gasteiger partial charge in [0.2, 0.25) is 5.91 Å². The van der Waals surface area contributed by atoms with Gasteiger partial charge in [-0.2, -0.15) is 0 Å². The Morgan fingerprint density at radius 1 is 1.20 bits per heavy atom. The number of rotatable bonds is 6. The van der Waals surface area contributed by atoms with E-state index >= 15 is 0 Å². The molecule has 0 unspecified atom stereocenters. The second kappa shape index (κ2) is 7.09. The van der Waals surface area contributed by atoms with E-state index < -0.39 is 5.97 Å². The number of para-hydroxylation sites is 1. The standard InChI is InChI=1S/C19H18N2O4/c1-25-13-7-8-16-15(10-13)12(11-20-16)6-9-18(22)21-17-5-3-2-4-14(17)19(23)24/h2-5,7-8,10-11,20H,6,9H2,1H3,(H,21,22)(H,23,24). The first-order valence-electron chi connectivity index (χ1n) is 7.84. The van der Waals surface area contributed by atoms with Crippen molar-refractivity contribution in [1.29, 1.82) is 0 Å². The van der Waals surface area contributed by atoms with Gasteiger partial charge in [0.25, 0.3) is 0 Å². The number of carbonyl (C=O) groups excluding carboxylic acids is 1. The van der Waals surface area contributed by atoms with Gasteiger partial charge in [0.15, 0.2) is 0 Å². The van der Waals surface area contributed by atoms with Gasteiger partial charge in [-0.05, 0) is 42.3 Å². The molecular formula is C19H18N2O4. The van der Waals surface area contributed by atoms with Gasteiger partial charge >= 0.3 is 5.97 Å². The average molecular weight is 338 g/mol. The number of hydrogen-bond acceptors (Lipinski definition) is 3. The summed E-state index contributed by atoms with van der Waals surface area (Å²) < 4.78 is 5.24. The zero-order valence-corrected chi connectivity index (χ0v) is 13.7. The van der Waals surface area contributed by atoms with Crippen molar-refractivity contribution in [3.8, 4) is 5.75 Å². The van der Waals surface area contributed by atoms with Crippen LogP contribution in [0.2, 0.25) is 0 Å². The monoisotopic (exact) mass is 338 g/mol. The van der Waals surface area contributed by atoms with Gasteiger partial charge in [-0.25, -0.2) is 4.79 Å². The number of ether oxygens (including phenoxy) is 1. The van der Waals surface area contributed by atoms with Crippen LogP contribution in [0, 0.1) is 0 Å². The summed E-state index contributed by atoms with van der Waals surface area (Å²) >= 11 is 0. The molecule has 0 atom stereocenters. The molecule has 6 nitrogen and oxygen atoms in total. The molecule has 6 heteroatoms. The molecule has 0 radical (unpaired) electrons. The molecule has 1 amide bonds. The fourth-order valence-corrected chi connectivity index (χ4v) is 2.73. The highest BCUT2D eigenvalue weighted by Gasteiger charge is 2.12. The van der Waals surface area contributed by atoms with E-state index in [1.807, 2.05) is 24.4 Å². The van der Waals surface area contributed by atoms with E-state index in [9.17, 15) is 9.59 Å². The molecule has 2 aromatic carbocycles. The highest BCUT2D eigenvalue weighted by Crippen LogP contribution is 2.24. The van der Waals surface area contributed by atoms with E-state index in [2.05, 4.69) is 10.3 Å². The molecule has 0 bridgehead atoms. The summed E-state index contributed by atoms with van der Waals surface area (Å²) in [6.45, 7) is 0. The Kier molecular flexibility index (Phi) is 4.70. The molecule has 0 saturated carbocycles. The van der Waals surface area contributed by atoms with Crippen LogP contribution in [0.5, 0.6) is 5.75 Å². The Bertz CT molecular complexity index is 930. The van der Waals surface area contributed by atoms with Crippen LogP contribution in [-0.2, 0) is 11.2 Å². The molecule has 0 fully saturated rings. The summed E-state index contributed by atoms with van der Waals surface area (Å²) in [4.78, 5) is 26.6. The van der Waals surface area contributed by atoms with Crippen molar-refractivity contribution in [3.05, 3.63) is 59.8 Å².